The molecule has 1 N–H and O–H groups in total. The number of para-hydroxylation sites is 1. The standard InChI is InChI=1S/C17H12F3NO/c1-9-12-3-2-4-14(19)16(12)21-17(22)13(9)7-10-5-6-11(18)8-15(10)20/h2-6,8H,7H2,1H3,(H,21,22). The Bertz CT molecular complexity index is 931. The van der Waals surface area contributed by atoms with Crippen molar-refractivity contribution in [2.24, 2.45) is 0 Å². The highest BCUT2D eigenvalue weighted by atomic mass is 19.1. The second-order valence-electron chi connectivity index (χ2n) is 5.13. The van der Waals surface area contributed by atoms with Gasteiger partial charge in [-0.25, -0.2) is 13.2 Å². The van der Waals surface area contributed by atoms with Gasteiger partial charge in [-0.1, -0.05) is 18.2 Å². The van der Waals surface area contributed by atoms with Gasteiger partial charge in [0, 0.05) is 23.4 Å². The SMILES string of the molecule is Cc1c(Cc2ccc(F)cc2F)c(=O)[nH]c2c(F)cccc12. The third-order valence-corrected chi connectivity index (χ3v) is 3.77. The summed E-state index contributed by atoms with van der Waals surface area (Å²) in [6.07, 6.45) is 0.0136. The van der Waals surface area contributed by atoms with E-state index in [1.165, 1.54) is 12.1 Å². The van der Waals surface area contributed by atoms with Gasteiger partial charge >= 0.3 is 0 Å². The van der Waals surface area contributed by atoms with Crippen molar-refractivity contribution >= 4 is 10.9 Å². The number of H-pyrrole nitrogens is 1. The van der Waals surface area contributed by atoms with Crippen molar-refractivity contribution in [1.82, 2.24) is 4.98 Å². The lowest BCUT2D eigenvalue weighted by Gasteiger charge is -2.10. The molecule has 0 atom stereocenters. The molecule has 0 unspecified atom stereocenters. The Morgan fingerprint density at radius 3 is 2.55 bits per heavy atom. The molecule has 0 saturated heterocycles. The summed E-state index contributed by atoms with van der Waals surface area (Å²) in [6, 6.07) is 7.72. The number of halogens is 3. The van der Waals surface area contributed by atoms with Crippen LogP contribution in [0.3, 0.4) is 0 Å². The lowest BCUT2D eigenvalue weighted by atomic mass is 9.98. The van der Waals surface area contributed by atoms with E-state index in [2.05, 4.69) is 4.98 Å². The number of rotatable bonds is 2. The first-order chi connectivity index (χ1) is 10.5. The minimum Gasteiger partial charge on any atom is -0.319 e. The Kier molecular flexibility index (Phi) is 3.48. The summed E-state index contributed by atoms with van der Waals surface area (Å²) in [7, 11) is 0. The van der Waals surface area contributed by atoms with Crippen molar-refractivity contribution in [2.45, 2.75) is 13.3 Å². The summed E-state index contributed by atoms with van der Waals surface area (Å²) in [6.45, 7) is 1.69. The second-order valence-corrected chi connectivity index (χ2v) is 5.13. The maximum absolute atomic E-state index is 13.8. The van der Waals surface area contributed by atoms with Gasteiger partial charge in [-0.05, 0) is 30.2 Å². The zero-order valence-electron chi connectivity index (χ0n) is 11.7. The van der Waals surface area contributed by atoms with Crippen molar-refractivity contribution in [3.63, 3.8) is 0 Å². The van der Waals surface area contributed by atoms with Crippen LogP contribution in [0, 0.1) is 24.4 Å². The van der Waals surface area contributed by atoms with Crippen molar-refractivity contribution in [3.05, 3.63) is 80.9 Å². The molecule has 0 bridgehead atoms. The third kappa shape index (κ3) is 2.39. The van der Waals surface area contributed by atoms with Crippen LogP contribution in [0.5, 0.6) is 0 Å². The fourth-order valence-corrected chi connectivity index (χ4v) is 2.55. The van der Waals surface area contributed by atoms with E-state index in [0.717, 1.165) is 12.1 Å². The molecule has 0 saturated carbocycles. The molecule has 0 aliphatic heterocycles. The van der Waals surface area contributed by atoms with E-state index >= 15 is 0 Å². The van der Waals surface area contributed by atoms with Crippen LogP contribution in [0.25, 0.3) is 10.9 Å². The quantitative estimate of drug-likeness (QED) is 0.766. The maximum atomic E-state index is 13.8. The topological polar surface area (TPSA) is 32.9 Å². The summed E-state index contributed by atoms with van der Waals surface area (Å²) in [5.41, 5.74) is 0.795. The highest BCUT2D eigenvalue weighted by molar-refractivity contribution is 5.83. The number of benzene rings is 2. The van der Waals surface area contributed by atoms with Crippen LogP contribution < -0.4 is 5.56 Å². The van der Waals surface area contributed by atoms with E-state index in [0.29, 0.717) is 16.5 Å². The average molecular weight is 303 g/mol. The van der Waals surface area contributed by atoms with Gasteiger partial charge < -0.3 is 4.98 Å². The molecule has 112 valence electrons. The zero-order chi connectivity index (χ0) is 15.9. The highest BCUT2D eigenvalue weighted by Gasteiger charge is 2.14. The molecule has 0 aliphatic carbocycles. The summed E-state index contributed by atoms with van der Waals surface area (Å²) < 4.78 is 40.5. The molecule has 1 aromatic heterocycles. The van der Waals surface area contributed by atoms with Gasteiger partial charge in [0.15, 0.2) is 0 Å². The molecule has 1 heterocycles. The number of aromatic nitrogens is 1. The second kappa shape index (κ2) is 5.33. The molecule has 2 aromatic carbocycles. The molecule has 3 aromatic rings. The Labute approximate surface area is 124 Å². The number of aryl methyl sites for hydroxylation is 1. The number of hydrogen-bond acceptors (Lipinski definition) is 1. The van der Waals surface area contributed by atoms with Gasteiger partial charge in [-0.3, -0.25) is 4.79 Å². The molecule has 0 spiro atoms. The van der Waals surface area contributed by atoms with Gasteiger partial charge in [0.25, 0.3) is 5.56 Å². The first-order valence-corrected chi connectivity index (χ1v) is 6.71. The minimum atomic E-state index is -0.710. The number of fused-ring (bicyclic) bond motifs is 1. The van der Waals surface area contributed by atoms with Crippen LogP contribution in [0.4, 0.5) is 13.2 Å². The van der Waals surface area contributed by atoms with Gasteiger partial charge in [0.1, 0.15) is 17.5 Å². The predicted octanol–water partition coefficient (Wildman–Crippen LogP) is 3.84. The zero-order valence-corrected chi connectivity index (χ0v) is 11.7. The van der Waals surface area contributed by atoms with Crippen molar-refractivity contribution in [1.29, 1.82) is 0 Å². The molecule has 0 fully saturated rings. The molecule has 0 amide bonds. The van der Waals surface area contributed by atoms with E-state index in [1.54, 1.807) is 19.1 Å². The van der Waals surface area contributed by atoms with E-state index in [-0.39, 0.29) is 17.5 Å². The lowest BCUT2D eigenvalue weighted by molar-refractivity contribution is 0.574. The van der Waals surface area contributed by atoms with E-state index in [9.17, 15) is 18.0 Å². The summed E-state index contributed by atoms with van der Waals surface area (Å²) >= 11 is 0. The van der Waals surface area contributed by atoms with E-state index in [1.807, 2.05) is 0 Å². The predicted molar refractivity (Wildman–Crippen MR) is 78.4 cm³/mol. The first kappa shape index (κ1) is 14.4. The molecule has 0 radical (unpaired) electrons. The first-order valence-electron chi connectivity index (χ1n) is 6.71. The van der Waals surface area contributed by atoms with Crippen LogP contribution in [-0.4, -0.2) is 4.98 Å². The summed E-state index contributed by atoms with van der Waals surface area (Å²) in [4.78, 5) is 14.7. The van der Waals surface area contributed by atoms with Gasteiger partial charge in [-0.15, -0.1) is 0 Å². The largest absolute Gasteiger partial charge is 0.319 e. The fourth-order valence-electron chi connectivity index (χ4n) is 2.55. The Morgan fingerprint density at radius 2 is 1.82 bits per heavy atom. The van der Waals surface area contributed by atoms with Crippen LogP contribution in [0.1, 0.15) is 16.7 Å². The van der Waals surface area contributed by atoms with Gasteiger partial charge in [0.05, 0.1) is 5.52 Å². The summed E-state index contributed by atoms with van der Waals surface area (Å²) in [5.74, 6) is -1.90. The van der Waals surface area contributed by atoms with Crippen LogP contribution in [-0.2, 0) is 6.42 Å². The smallest absolute Gasteiger partial charge is 0.252 e. The molecule has 2 nitrogen and oxygen atoms in total. The fraction of sp³-hybridized carbons (Fsp3) is 0.118. The number of hydrogen-bond donors (Lipinski definition) is 1. The van der Waals surface area contributed by atoms with Crippen molar-refractivity contribution in [3.8, 4) is 0 Å². The summed E-state index contributed by atoms with van der Waals surface area (Å²) in [5, 5.41) is 0.567. The molecule has 0 aliphatic rings. The Morgan fingerprint density at radius 1 is 1.05 bits per heavy atom. The molecule has 3 rings (SSSR count). The van der Waals surface area contributed by atoms with Gasteiger partial charge in [0.2, 0.25) is 0 Å². The van der Waals surface area contributed by atoms with E-state index < -0.39 is 23.0 Å². The normalized spacial score (nSPS) is 11.1. The van der Waals surface area contributed by atoms with Crippen molar-refractivity contribution in [2.75, 3.05) is 0 Å². The lowest BCUT2D eigenvalue weighted by Crippen LogP contribution is -2.16. The minimum absolute atomic E-state index is 0.0136. The van der Waals surface area contributed by atoms with Crippen LogP contribution in [0.2, 0.25) is 0 Å². The van der Waals surface area contributed by atoms with Crippen molar-refractivity contribution < 1.29 is 13.2 Å². The molecular formula is C17H12F3NO. The number of pyridine rings is 1. The van der Waals surface area contributed by atoms with E-state index in [4.69, 9.17) is 0 Å². The molecular weight excluding hydrogens is 291 g/mol. The Balaban J connectivity index is 2.17. The Hall–Kier alpha value is -2.56. The monoisotopic (exact) mass is 303 g/mol. The third-order valence-electron chi connectivity index (χ3n) is 3.77. The number of aromatic amines is 1. The van der Waals surface area contributed by atoms with Gasteiger partial charge in [-0.2, -0.15) is 0 Å². The number of nitrogens with one attached hydrogen (secondary N) is 1. The molecule has 22 heavy (non-hydrogen) atoms. The average Bonchev–Trinajstić information content (AvgIpc) is 2.47. The maximum Gasteiger partial charge on any atom is 0.252 e. The van der Waals surface area contributed by atoms with Crippen LogP contribution >= 0.6 is 0 Å². The van der Waals surface area contributed by atoms with Crippen LogP contribution in [0.15, 0.2) is 41.2 Å². The highest BCUT2D eigenvalue weighted by Crippen LogP contribution is 2.22. The molecule has 5 heteroatoms.